The van der Waals surface area contributed by atoms with Crippen LogP contribution in [0.2, 0.25) is 0 Å². The fourth-order valence-corrected chi connectivity index (χ4v) is 2.45. The Morgan fingerprint density at radius 3 is 2.71 bits per heavy atom. The smallest absolute Gasteiger partial charge is 0.226 e. The van der Waals surface area contributed by atoms with Crippen LogP contribution in [-0.4, -0.2) is 34.2 Å². The largest absolute Gasteiger partial charge is 0.352 e. The minimum atomic E-state index is 0.0000791. The van der Waals surface area contributed by atoms with Gasteiger partial charge in [0.25, 0.3) is 0 Å². The minimum absolute atomic E-state index is 0.0000791. The first-order valence-electron chi connectivity index (χ1n) is 8.55. The van der Waals surface area contributed by atoms with Gasteiger partial charge in [0.1, 0.15) is 0 Å². The van der Waals surface area contributed by atoms with Gasteiger partial charge in [-0.2, -0.15) is 5.10 Å². The highest BCUT2D eigenvalue weighted by atomic mass is 16.1. The third kappa shape index (κ3) is 5.49. The second kappa shape index (κ2) is 8.64. The molecule has 1 heterocycles. The van der Waals surface area contributed by atoms with Crippen molar-refractivity contribution < 1.29 is 4.79 Å². The lowest BCUT2D eigenvalue weighted by molar-refractivity contribution is -0.120. The molecule has 0 unspecified atom stereocenters. The van der Waals surface area contributed by atoms with Crippen LogP contribution in [0.25, 0.3) is 0 Å². The molecule has 130 valence electrons. The van der Waals surface area contributed by atoms with Crippen LogP contribution >= 0.6 is 0 Å². The lowest BCUT2D eigenvalue weighted by atomic mass is 10.1. The molecule has 2 rings (SSSR count). The van der Waals surface area contributed by atoms with Crippen molar-refractivity contribution in [2.75, 3.05) is 13.6 Å². The summed E-state index contributed by atoms with van der Waals surface area (Å²) in [4.78, 5) is 14.4. The maximum atomic E-state index is 12.1. The van der Waals surface area contributed by atoms with Gasteiger partial charge in [-0.15, -0.1) is 0 Å². The molecule has 5 heteroatoms. The molecule has 0 saturated carbocycles. The average Bonchev–Trinajstić information content (AvgIpc) is 3.02. The van der Waals surface area contributed by atoms with Gasteiger partial charge in [0.05, 0.1) is 12.1 Å². The monoisotopic (exact) mass is 328 g/mol. The zero-order valence-corrected chi connectivity index (χ0v) is 15.1. The number of nitrogens with one attached hydrogen (secondary N) is 1. The van der Waals surface area contributed by atoms with Crippen LogP contribution < -0.4 is 5.32 Å². The maximum Gasteiger partial charge on any atom is 0.226 e. The Kier molecular flexibility index (Phi) is 6.55. The number of benzene rings is 1. The van der Waals surface area contributed by atoms with Crippen LogP contribution in [-0.2, 0) is 24.3 Å². The van der Waals surface area contributed by atoms with Crippen molar-refractivity contribution >= 4 is 5.91 Å². The highest BCUT2D eigenvalue weighted by Crippen LogP contribution is 2.08. The third-order valence-electron chi connectivity index (χ3n) is 4.01. The molecular weight excluding hydrogens is 300 g/mol. The molecule has 0 bridgehead atoms. The third-order valence-corrected chi connectivity index (χ3v) is 4.01. The van der Waals surface area contributed by atoms with Crippen LogP contribution in [0.4, 0.5) is 0 Å². The molecule has 0 spiro atoms. The van der Waals surface area contributed by atoms with Crippen molar-refractivity contribution in [2.24, 2.45) is 0 Å². The second-order valence-electron chi connectivity index (χ2n) is 6.48. The van der Waals surface area contributed by atoms with Crippen molar-refractivity contribution in [2.45, 2.75) is 46.3 Å². The predicted molar refractivity (Wildman–Crippen MR) is 96.6 cm³/mol. The molecule has 1 aromatic carbocycles. The average molecular weight is 328 g/mol. The molecule has 5 nitrogen and oxygen atoms in total. The number of hydrogen-bond acceptors (Lipinski definition) is 3. The summed E-state index contributed by atoms with van der Waals surface area (Å²) in [5.41, 5.74) is 3.19. The number of aromatic nitrogens is 2. The summed E-state index contributed by atoms with van der Waals surface area (Å²) in [7, 11) is 2.10. The van der Waals surface area contributed by atoms with Crippen LogP contribution in [0.5, 0.6) is 0 Å². The van der Waals surface area contributed by atoms with Crippen LogP contribution in [0.3, 0.4) is 0 Å². The number of amides is 1. The van der Waals surface area contributed by atoms with E-state index in [2.05, 4.69) is 55.3 Å². The quantitative estimate of drug-likeness (QED) is 0.811. The van der Waals surface area contributed by atoms with Crippen LogP contribution in [0.1, 0.15) is 43.6 Å². The summed E-state index contributed by atoms with van der Waals surface area (Å²) < 4.78 is 1.87. The number of carbonyl (C=O) groups excluding carboxylic acids is 1. The van der Waals surface area contributed by atoms with E-state index in [1.165, 1.54) is 5.56 Å². The molecule has 2 aromatic rings. The second-order valence-corrected chi connectivity index (χ2v) is 6.48. The molecule has 0 aliphatic heterocycles. The van der Waals surface area contributed by atoms with Crippen LogP contribution in [0, 0.1) is 0 Å². The van der Waals surface area contributed by atoms with E-state index in [-0.39, 0.29) is 5.91 Å². The predicted octanol–water partition coefficient (Wildman–Crippen LogP) is 2.77. The Morgan fingerprint density at radius 2 is 2.04 bits per heavy atom. The zero-order chi connectivity index (χ0) is 17.5. The van der Waals surface area contributed by atoms with E-state index in [0.717, 1.165) is 24.3 Å². The van der Waals surface area contributed by atoms with E-state index in [0.29, 0.717) is 19.0 Å². The fraction of sp³-hybridized carbons (Fsp3) is 0.474. The summed E-state index contributed by atoms with van der Waals surface area (Å²) in [5, 5.41) is 7.39. The first kappa shape index (κ1) is 18.2. The van der Waals surface area contributed by atoms with Gasteiger partial charge in [-0.1, -0.05) is 31.2 Å². The number of rotatable bonds is 8. The van der Waals surface area contributed by atoms with Crippen LogP contribution in [0.15, 0.2) is 36.5 Å². The Balaban J connectivity index is 1.85. The summed E-state index contributed by atoms with van der Waals surface area (Å²) in [6.07, 6.45) is 2.24. The highest BCUT2D eigenvalue weighted by Gasteiger charge is 2.08. The Morgan fingerprint density at radius 1 is 1.29 bits per heavy atom. The molecule has 1 aromatic heterocycles. The van der Waals surface area contributed by atoms with Gasteiger partial charge in [0, 0.05) is 25.3 Å². The standard InChI is InChI=1S/C19H28N4O/c1-5-22(4)14-17-8-6-7-16(11-17)13-20-19(24)12-18-9-10-23(21-18)15(2)3/h6-11,15H,5,12-14H2,1-4H3,(H,20,24). The van der Waals surface area contributed by atoms with E-state index < -0.39 is 0 Å². The molecule has 0 radical (unpaired) electrons. The summed E-state index contributed by atoms with van der Waals surface area (Å²) >= 11 is 0. The number of carbonyl (C=O) groups is 1. The first-order valence-corrected chi connectivity index (χ1v) is 8.55. The summed E-state index contributed by atoms with van der Waals surface area (Å²) in [6, 6.07) is 10.6. The molecule has 0 saturated heterocycles. The lowest BCUT2D eigenvalue weighted by Gasteiger charge is -2.14. The normalized spacial score (nSPS) is 11.2. The molecule has 1 amide bonds. The van der Waals surface area contributed by atoms with Crippen molar-refractivity contribution in [3.05, 3.63) is 53.3 Å². The zero-order valence-electron chi connectivity index (χ0n) is 15.1. The molecular formula is C19H28N4O. The van der Waals surface area contributed by atoms with Gasteiger partial charge in [0.15, 0.2) is 0 Å². The van der Waals surface area contributed by atoms with Crippen molar-refractivity contribution in [3.63, 3.8) is 0 Å². The first-order chi connectivity index (χ1) is 11.5. The topological polar surface area (TPSA) is 50.2 Å². The summed E-state index contributed by atoms with van der Waals surface area (Å²) in [6.45, 7) is 8.77. The van der Waals surface area contributed by atoms with E-state index in [9.17, 15) is 4.79 Å². The lowest BCUT2D eigenvalue weighted by Crippen LogP contribution is -2.25. The molecule has 0 atom stereocenters. The van der Waals surface area contributed by atoms with Gasteiger partial charge in [-0.3, -0.25) is 9.48 Å². The van der Waals surface area contributed by atoms with E-state index in [1.54, 1.807) is 0 Å². The van der Waals surface area contributed by atoms with Gasteiger partial charge in [-0.25, -0.2) is 0 Å². The van der Waals surface area contributed by atoms with E-state index >= 15 is 0 Å². The van der Waals surface area contributed by atoms with E-state index in [4.69, 9.17) is 0 Å². The van der Waals surface area contributed by atoms with E-state index in [1.807, 2.05) is 29.1 Å². The van der Waals surface area contributed by atoms with Gasteiger partial charge >= 0.3 is 0 Å². The number of nitrogens with zero attached hydrogens (tertiary/aromatic N) is 3. The fourth-order valence-electron chi connectivity index (χ4n) is 2.45. The van der Waals surface area contributed by atoms with Gasteiger partial charge in [-0.05, 0) is 44.6 Å². The number of hydrogen-bond donors (Lipinski definition) is 1. The molecule has 0 aliphatic carbocycles. The molecule has 1 N–H and O–H groups in total. The Hall–Kier alpha value is -2.14. The van der Waals surface area contributed by atoms with Gasteiger partial charge in [0.2, 0.25) is 5.91 Å². The maximum absolute atomic E-state index is 12.1. The van der Waals surface area contributed by atoms with Crippen molar-refractivity contribution in [1.29, 1.82) is 0 Å². The van der Waals surface area contributed by atoms with Gasteiger partial charge < -0.3 is 10.2 Å². The highest BCUT2D eigenvalue weighted by molar-refractivity contribution is 5.78. The Bertz CT molecular complexity index is 663. The Labute approximate surface area is 144 Å². The van der Waals surface area contributed by atoms with Crippen molar-refractivity contribution in [3.8, 4) is 0 Å². The van der Waals surface area contributed by atoms with Crippen molar-refractivity contribution in [1.82, 2.24) is 20.0 Å². The SMILES string of the molecule is CCN(C)Cc1cccc(CNC(=O)Cc2ccn(C(C)C)n2)c1. The molecule has 0 aliphatic rings. The molecule has 24 heavy (non-hydrogen) atoms. The minimum Gasteiger partial charge on any atom is -0.352 e. The summed E-state index contributed by atoms with van der Waals surface area (Å²) in [5.74, 6) is 0.0000791. The molecule has 0 fully saturated rings.